The highest BCUT2D eigenvalue weighted by atomic mass is 16.6. The number of methoxy groups -OCH3 is 1. The first kappa shape index (κ1) is 18.4. The van der Waals surface area contributed by atoms with Gasteiger partial charge >= 0.3 is 5.97 Å². The quantitative estimate of drug-likeness (QED) is 0.462. The lowest BCUT2D eigenvalue weighted by atomic mass is 10.2. The Kier molecular flexibility index (Phi) is 5.07. The number of rotatable bonds is 6. The van der Waals surface area contributed by atoms with Crippen LogP contribution in [-0.4, -0.2) is 33.1 Å². The molecule has 29 heavy (non-hydrogen) atoms. The maximum atomic E-state index is 12.4. The fourth-order valence-corrected chi connectivity index (χ4v) is 2.68. The second kappa shape index (κ2) is 7.97. The Balaban J connectivity index is 1.44. The molecule has 8 heteroatoms. The van der Waals surface area contributed by atoms with Crippen LogP contribution in [-0.2, 0) is 4.74 Å². The highest BCUT2D eigenvalue weighted by Gasteiger charge is 2.21. The van der Waals surface area contributed by atoms with Gasteiger partial charge in [-0.15, -0.1) is 10.2 Å². The van der Waals surface area contributed by atoms with E-state index >= 15 is 0 Å². The highest BCUT2D eigenvalue weighted by Crippen LogP contribution is 2.24. The van der Waals surface area contributed by atoms with Gasteiger partial charge in [0, 0.05) is 11.8 Å². The van der Waals surface area contributed by atoms with Crippen molar-refractivity contribution in [3.63, 3.8) is 0 Å². The molecule has 1 atom stereocenters. The number of benzene rings is 2. The molecule has 0 saturated carbocycles. The zero-order valence-electron chi connectivity index (χ0n) is 15.9. The minimum absolute atomic E-state index is 0.208. The molecule has 0 radical (unpaired) electrons. The van der Waals surface area contributed by atoms with Crippen LogP contribution >= 0.6 is 0 Å². The third-order valence-electron chi connectivity index (χ3n) is 4.25. The lowest BCUT2D eigenvalue weighted by molar-refractivity contribution is 0.0280. The molecule has 1 unspecified atom stereocenters. The van der Waals surface area contributed by atoms with Crippen LogP contribution in [0.25, 0.3) is 17.1 Å². The van der Waals surface area contributed by atoms with Gasteiger partial charge in [0.05, 0.1) is 24.6 Å². The van der Waals surface area contributed by atoms with E-state index in [4.69, 9.17) is 13.9 Å². The molecule has 0 saturated heterocycles. The van der Waals surface area contributed by atoms with Gasteiger partial charge in [0.15, 0.2) is 6.10 Å². The van der Waals surface area contributed by atoms with Gasteiger partial charge < -0.3 is 13.9 Å². The summed E-state index contributed by atoms with van der Waals surface area (Å²) in [5.74, 6) is 0.748. The normalized spacial score (nSPS) is 11.8. The number of para-hydroxylation sites is 1. The number of ether oxygens (including phenoxy) is 2. The Labute approximate surface area is 166 Å². The largest absolute Gasteiger partial charge is 0.497 e. The van der Waals surface area contributed by atoms with Crippen LogP contribution in [0.3, 0.4) is 0 Å². The van der Waals surface area contributed by atoms with Crippen LogP contribution < -0.4 is 4.74 Å². The monoisotopic (exact) mass is 390 g/mol. The Bertz CT molecular complexity index is 1100. The molecule has 8 nitrogen and oxygen atoms in total. The number of esters is 1. The van der Waals surface area contributed by atoms with Gasteiger partial charge in [0.2, 0.25) is 5.89 Å². The minimum atomic E-state index is -0.706. The molecule has 146 valence electrons. The van der Waals surface area contributed by atoms with Crippen molar-refractivity contribution in [1.29, 1.82) is 0 Å². The first-order chi connectivity index (χ1) is 14.1. The molecule has 2 heterocycles. The first-order valence-electron chi connectivity index (χ1n) is 8.93. The van der Waals surface area contributed by atoms with Crippen LogP contribution in [0.5, 0.6) is 5.75 Å². The number of nitrogens with zero attached hydrogens (tertiary/aromatic N) is 4. The molecule has 4 aromatic rings. The summed E-state index contributed by atoms with van der Waals surface area (Å²) in [6.07, 6.45) is 2.36. The van der Waals surface area contributed by atoms with Gasteiger partial charge in [-0.1, -0.05) is 18.2 Å². The van der Waals surface area contributed by atoms with Crippen molar-refractivity contribution < 1.29 is 18.7 Å². The van der Waals surface area contributed by atoms with Crippen LogP contribution in [0, 0.1) is 0 Å². The molecule has 0 N–H and O–H groups in total. The summed E-state index contributed by atoms with van der Waals surface area (Å²) >= 11 is 0. The molecule has 0 spiro atoms. The molecule has 0 aliphatic carbocycles. The van der Waals surface area contributed by atoms with Crippen molar-refractivity contribution in [2.75, 3.05) is 7.11 Å². The summed E-state index contributed by atoms with van der Waals surface area (Å²) in [6, 6.07) is 16.7. The summed E-state index contributed by atoms with van der Waals surface area (Å²) < 4.78 is 17.8. The average molecular weight is 390 g/mol. The van der Waals surface area contributed by atoms with Gasteiger partial charge in [-0.05, 0) is 43.3 Å². The topological polar surface area (TPSA) is 92.3 Å². The smallest absolute Gasteiger partial charge is 0.342 e. The van der Waals surface area contributed by atoms with E-state index in [0.29, 0.717) is 11.5 Å². The Hall–Kier alpha value is -3.94. The predicted molar refractivity (Wildman–Crippen MR) is 104 cm³/mol. The SMILES string of the molecule is COc1ccc(-c2nnc(C(C)OC(=O)c3cnn(-c4ccccc4)c3)o2)cc1. The summed E-state index contributed by atoms with van der Waals surface area (Å²) in [5, 5.41) is 12.2. The number of aromatic nitrogens is 4. The molecule has 2 aromatic carbocycles. The van der Waals surface area contributed by atoms with Crippen molar-refractivity contribution in [3.8, 4) is 22.9 Å². The maximum absolute atomic E-state index is 12.4. The maximum Gasteiger partial charge on any atom is 0.342 e. The Morgan fingerprint density at radius 1 is 1.07 bits per heavy atom. The molecule has 0 aliphatic heterocycles. The van der Waals surface area contributed by atoms with Gasteiger partial charge in [-0.25, -0.2) is 9.48 Å². The van der Waals surface area contributed by atoms with E-state index in [-0.39, 0.29) is 5.89 Å². The molecular formula is C21H18N4O4. The highest BCUT2D eigenvalue weighted by molar-refractivity contribution is 5.89. The zero-order chi connectivity index (χ0) is 20.2. The van der Waals surface area contributed by atoms with E-state index in [0.717, 1.165) is 17.0 Å². The van der Waals surface area contributed by atoms with E-state index in [9.17, 15) is 4.79 Å². The number of hydrogen-bond donors (Lipinski definition) is 0. The fourth-order valence-electron chi connectivity index (χ4n) is 2.68. The van der Waals surface area contributed by atoms with Crippen molar-refractivity contribution in [2.24, 2.45) is 0 Å². The van der Waals surface area contributed by atoms with E-state index in [2.05, 4.69) is 15.3 Å². The second-order valence-electron chi connectivity index (χ2n) is 6.23. The van der Waals surface area contributed by atoms with Crippen molar-refractivity contribution in [3.05, 3.63) is 78.4 Å². The first-order valence-corrected chi connectivity index (χ1v) is 8.93. The Morgan fingerprint density at radius 3 is 2.55 bits per heavy atom. The van der Waals surface area contributed by atoms with E-state index in [1.807, 2.05) is 42.5 Å². The number of hydrogen-bond acceptors (Lipinski definition) is 7. The second-order valence-corrected chi connectivity index (χ2v) is 6.23. The van der Waals surface area contributed by atoms with Crippen LogP contribution in [0.2, 0.25) is 0 Å². The Morgan fingerprint density at radius 2 is 1.83 bits per heavy atom. The summed E-state index contributed by atoms with van der Waals surface area (Å²) in [6.45, 7) is 1.67. The third-order valence-corrected chi connectivity index (χ3v) is 4.25. The van der Waals surface area contributed by atoms with Crippen molar-refractivity contribution in [2.45, 2.75) is 13.0 Å². The number of carbonyl (C=O) groups is 1. The predicted octanol–water partition coefficient (Wildman–Crippen LogP) is 3.85. The number of carbonyl (C=O) groups excluding carboxylic acids is 1. The molecule has 0 amide bonds. The molecule has 0 aliphatic rings. The lowest BCUT2D eigenvalue weighted by Crippen LogP contribution is -2.09. The molecular weight excluding hydrogens is 372 g/mol. The zero-order valence-corrected chi connectivity index (χ0v) is 15.9. The molecule has 4 rings (SSSR count). The standard InChI is InChI=1S/C21H18N4O4/c1-14(19-23-24-20(29-19)15-8-10-18(27-2)11-9-15)28-21(26)16-12-22-25(13-16)17-6-4-3-5-7-17/h3-14H,1-2H3. The van der Waals surface area contributed by atoms with E-state index in [1.165, 1.54) is 6.20 Å². The van der Waals surface area contributed by atoms with Gasteiger partial charge in [-0.2, -0.15) is 5.10 Å². The molecule has 2 aromatic heterocycles. The van der Waals surface area contributed by atoms with Gasteiger partial charge in [0.1, 0.15) is 5.75 Å². The van der Waals surface area contributed by atoms with Crippen LogP contribution in [0.15, 0.2) is 71.4 Å². The minimum Gasteiger partial charge on any atom is -0.497 e. The van der Waals surface area contributed by atoms with E-state index in [1.54, 1.807) is 37.0 Å². The lowest BCUT2D eigenvalue weighted by Gasteiger charge is -2.08. The summed E-state index contributed by atoms with van der Waals surface area (Å²) in [7, 11) is 1.60. The van der Waals surface area contributed by atoms with E-state index < -0.39 is 12.1 Å². The molecule has 0 fully saturated rings. The average Bonchev–Trinajstić information content (AvgIpc) is 3.45. The van der Waals surface area contributed by atoms with Crippen LogP contribution in [0.1, 0.15) is 29.3 Å². The van der Waals surface area contributed by atoms with Crippen LogP contribution in [0.4, 0.5) is 0 Å². The summed E-state index contributed by atoms with van der Waals surface area (Å²) in [5.41, 5.74) is 1.92. The third kappa shape index (κ3) is 4.01. The summed E-state index contributed by atoms with van der Waals surface area (Å²) in [4.78, 5) is 12.4. The fraction of sp³-hybridized carbons (Fsp3) is 0.143. The van der Waals surface area contributed by atoms with Crippen molar-refractivity contribution >= 4 is 5.97 Å². The molecule has 0 bridgehead atoms. The van der Waals surface area contributed by atoms with Gasteiger partial charge in [0.25, 0.3) is 5.89 Å². The van der Waals surface area contributed by atoms with Gasteiger partial charge in [-0.3, -0.25) is 0 Å². The van der Waals surface area contributed by atoms with Crippen molar-refractivity contribution in [1.82, 2.24) is 20.0 Å².